The molecule has 0 bridgehead atoms. The third kappa shape index (κ3) is 3.01. The van der Waals surface area contributed by atoms with Gasteiger partial charge in [-0.2, -0.15) is 5.06 Å². The average Bonchev–Trinajstić information content (AvgIpc) is 3.08. The number of Topliss-reactive ketones (excluding diaryl/α,β-unsaturated/α-hetero) is 1. The minimum atomic E-state index is -0.881. The van der Waals surface area contributed by atoms with Crippen LogP contribution in [0.4, 0.5) is 5.69 Å². The van der Waals surface area contributed by atoms with E-state index in [2.05, 4.69) is 0 Å². The average molecular weight is 323 g/mol. The molecule has 0 aromatic heterocycles. The molecule has 1 heterocycles. The van der Waals surface area contributed by atoms with Gasteiger partial charge in [-0.1, -0.05) is 48.5 Å². The van der Waals surface area contributed by atoms with Crippen molar-refractivity contribution >= 4 is 17.4 Å². The van der Waals surface area contributed by atoms with E-state index in [4.69, 9.17) is 9.57 Å². The van der Waals surface area contributed by atoms with Gasteiger partial charge in [0.2, 0.25) is 0 Å². The van der Waals surface area contributed by atoms with Crippen molar-refractivity contribution in [2.24, 2.45) is 0 Å². The molecule has 0 amide bonds. The first-order valence-corrected chi connectivity index (χ1v) is 7.70. The van der Waals surface area contributed by atoms with Gasteiger partial charge in [0.05, 0.1) is 12.3 Å². The number of nitrogens with zero attached hydrogens (tertiary/aromatic N) is 1. The fourth-order valence-electron chi connectivity index (χ4n) is 2.53. The maximum atomic E-state index is 13.0. The van der Waals surface area contributed by atoms with Crippen molar-refractivity contribution in [2.45, 2.75) is 13.0 Å². The molecular weight excluding hydrogens is 306 g/mol. The minimum absolute atomic E-state index is 0.189. The zero-order valence-electron chi connectivity index (χ0n) is 13.2. The predicted octanol–water partition coefficient (Wildman–Crippen LogP) is 3.14. The molecular formula is C19H17NO4. The molecule has 0 radical (unpaired) electrons. The number of rotatable bonds is 5. The molecule has 5 nitrogen and oxygen atoms in total. The summed E-state index contributed by atoms with van der Waals surface area (Å²) in [4.78, 5) is 30.7. The smallest absolute Gasteiger partial charge is 0.340 e. The Kier molecular flexibility index (Phi) is 4.61. The number of para-hydroxylation sites is 1. The lowest BCUT2D eigenvalue weighted by molar-refractivity contribution is -0.138. The molecule has 3 rings (SSSR count). The molecule has 2 aromatic rings. The molecule has 1 atom stereocenters. The van der Waals surface area contributed by atoms with Crippen molar-refractivity contribution in [1.29, 1.82) is 0 Å². The Morgan fingerprint density at radius 1 is 1.04 bits per heavy atom. The van der Waals surface area contributed by atoms with Crippen LogP contribution >= 0.6 is 0 Å². The fraction of sp³-hybridized carbons (Fsp3) is 0.158. The first-order valence-electron chi connectivity index (χ1n) is 7.70. The summed E-state index contributed by atoms with van der Waals surface area (Å²) in [5.41, 5.74) is 1.38. The van der Waals surface area contributed by atoms with Crippen molar-refractivity contribution in [3.8, 4) is 0 Å². The molecule has 1 aliphatic rings. The van der Waals surface area contributed by atoms with Crippen LogP contribution in [-0.2, 0) is 14.4 Å². The Balaban J connectivity index is 1.97. The van der Waals surface area contributed by atoms with Crippen LogP contribution in [0.3, 0.4) is 0 Å². The van der Waals surface area contributed by atoms with Gasteiger partial charge in [0, 0.05) is 5.56 Å². The van der Waals surface area contributed by atoms with Gasteiger partial charge >= 0.3 is 5.97 Å². The molecule has 0 spiro atoms. The lowest BCUT2D eigenvalue weighted by Crippen LogP contribution is -2.40. The zero-order chi connectivity index (χ0) is 16.9. The highest BCUT2D eigenvalue weighted by Crippen LogP contribution is 2.30. The van der Waals surface area contributed by atoms with Crippen molar-refractivity contribution in [1.82, 2.24) is 0 Å². The van der Waals surface area contributed by atoms with E-state index in [1.807, 2.05) is 36.4 Å². The number of carbonyl (C=O) groups is 2. The fourth-order valence-corrected chi connectivity index (χ4v) is 2.53. The topological polar surface area (TPSA) is 55.8 Å². The van der Waals surface area contributed by atoms with E-state index in [1.54, 1.807) is 31.2 Å². The van der Waals surface area contributed by atoms with E-state index in [-0.39, 0.29) is 18.0 Å². The Morgan fingerprint density at radius 3 is 2.29 bits per heavy atom. The number of hydroxylamine groups is 1. The summed E-state index contributed by atoms with van der Waals surface area (Å²) < 4.78 is 5.06. The number of carbonyl (C=O) groups excluding carboxylic acids is 2. The number of hydrogen-bond donors (Lipinski definition) is 0. The summed E-state index contributed by atoms with van der Waals surface area (Å²) in [5.74, 6) is -0.776. The summed E-state index contributed by atoms with van der Waals surface area (Å²) >= 11 is 0. The van der Waals surface area contributed by atoms with Crippen LogP contribution in [0.15, 0.2) is 72.5 Å². The van der Waals surface area contributed by atoms with Crippen molar-refractivity contribution in [3.63, 3.8) is 0 Å². The Bertz CT molecular complexity index is 755. The number of ether oxygens (including phenoxy) is 1. The molecule has 0 saturated heterocycles. The Hall–Kier alpha value is -3.08. The summed E-state index contributed by atoms with van der Waals surface area (Å²) in [7, 11) is 0. The summed E-state index contributed by atoms with van der Waals surface area (Å²) in [5, 5.41) is 1.43. The highest BCUT2D eigenvalue weighted by atomic mass is 16.7. The third-order valence-electron chi connectivity index (χ3n) is 3.65. The molecule has 1 aliphatic heterocycles. The molecule has 1 unspecified atom stereocenters. The largest absolute Gasteiger partial charge is 0.462 e. The highest BCUT2D eigenvalue weighted by Gasteiger charge is 2.40. The van der Waals surface area contributed by atoms with Gasteiger partial charge in [-0.25, -0.2) is 4.79 Å². The monoisotopic (exact) mass is 323 g/mol. The lowest BCUT2D eigenvalue weighted by atomic mass is 9.98. The van der Waals surface area contributed by atoms with E-state index in [0.29, 0.717) is 11.3 Å². The van der Waals surface area contributed by atoms with E-state index in [1.165, 1.54) is 11.3 Å². The normalized spacial score (nSPS) is 16.3. The summed E-state index contributed by atoms with van der Waals surface area (Å²) in [6.07, 6.45) is 1.29. The second kappa shape index (κ2) is 7.00. The highest BCUT2D eigenvalue weighted by molar-refractivity contribution is 6.10. The predicted molar refractivity (Wildman–Crippen MR) is 89.3 cm³/mol. The van der Waals surface area contributed by atoms with Gasteiger partial charge in [0.15, 0.2) is 11.8 Å². The number of esters is 1. The molecule has 0 fully saturated rings. The second-order valence-electron chi connectivity index (χ2n) is 5.19. The van der Waals surface area contributed by atoms with Gasteiger partial charge in [-0.15, -0.1) is 0 Å². The van der Waals surface area contributed by atoms with Crippen LogP contribution < -0.4 is 5.06 Å². The van der Waals surface area contributed by atoms with Gasteiger partial charge < -0.3 is 9.57 Å². The molecule has 0 aliphatic carbocycles. The van der Waals surface area contributed by atoms with Gasteiger partial charge in [-0.3, -0.25) is 4.79 Å². The van der Waals surface area contributed by atoms with Gasteiger partial charge in [-0.05, 0) is 19.1 Å². The summed E-state index contributed by atoms with van der Waals surface area (Å²) in [6, 6.07) is 17.1. The van der Waals surface area contributed by atoms with E-state index < -0.39 is 12.0 Å². The molecule has 5 heteroatoms. The number of benzene rings is 2. The number of hydrogen-bond acceptors (Lipinski definition) is 5. The SMILES string of the molecule is CCOC(=O)C1=CON(c2ccccc2)C1C(=O)c1ccccc1. The quantitative estimate of drug-likeness (QED) is 0.625. The standard InChI is InChI=1S/C19H17NO4/c1-2-23-19(22)16-13-24-20(15-11-7-4-8-12-15)17(16)18(21)14-9-5-3-6-10-14/h3-13,17H,2H2,1H3. The number of ketones is 1. The molecule has 122 valence electrons. The van der Waals surface area contributed by atoms with Crippen LogP contribution in [0.5, 0.6) is 0 Å². The van der Waals surface area contributed by atoms with Crippen molar-refractivity contribution < 1.29 is 19.2 Å². The van der Waals surface area contributed by atoms with Gasteiger partial charge in [0.1, 0.15) is 11.8 Å². The second-order valence-corrected chi connectivity index (χ2v) is 5.19. The van der Waals surface area contributed by atoms with Crippen molar-refractivity contribution in [2.75, 3.05) is 11.7 Å². The maximum absolute atomic E-state index is 13.0. The molecule has 2 aromatic carbocycles. The Morgan fingerprint density at radius 2 is 1.67 bits per heavy atom. The molecule has 24 heavy (non-hydrogen) atoms. The van der Waals surface area contributed by atoms with Crippen LogP contribution in [0, 0.1) is 0 Å². The maximum Gasteiger partial charge on any atom is 0.340 e. The molecule has 0 N–H and O–H groups in total. The first kappa shape index (κ1) is 15.8. The zero-order valence-corrected chi connectivity index (χ0v) is 13.2. The van der Waals surface area contributed by atoms with E-state index >= 15 is 0 Å². The summed E-state index contributed by atoms with van der Waals surface area (Å²) in [6.45, 7) is 1.95. The van der Waals surface area contributed by atoms with Crippen LogP contribution in [-0.4, -0.2) is 24.4 Å². The van der Waals surface area contributed by atoms with Gasteiger partial charge in [0.25, 0.3) is 0 Å². The number of anilines is 1. The van der Waals surface area contributed by atoms with E-state index in [9.17, 15) is 9.59 Å². The Labute approximate surface area is 140 Å². The van der Waals surface area contributed by atoms with Crippen molar-refractivity contribution in [3.05, 3.63) is 78.1 Å². The minimum Gasteiger partial charge on any atom is -0.462 e. The third-order valence-corrected chi connectivity index (χ3v) is 3.65. The van der Waals surface area contributed by atoms with Crippen LogP contribution in [0.1, 0.15) is 17.3 Å². The van der Waals surface area contributed by atoms with E-state index in [0.717, 1.165) is 0 Å². The van der Waals surface area contributed by atoms with Crippen LogP contribution in [0.2, 0.25) is 0 Å². The van der Waals surface area contributed by atoms with Crippen LogP contribution in [0.25, 0.3) is 0 Å². The lowest BCUT2D eigenvalue weighted by Gasteiger charge is -2.25. The first-order chi connectivity index (χ1) is 11.7. The molecule has 0 saturated carbocycles.